The number of ether oxygens (including phenoxy) is 1. The van der Waals surface area contributed by atoms with Crippen molar-refractivity contribution in [2.45, 2.75) is 33.6 Å². The van der Waals surface area contributed by atoms with Crippen LogP contribution in [-0.4, -0.2) is 6.61 Å². The predicted octanol–water partition coefficient (Wildman–Crippen LogP) is 5.03. The predicted molar refractivity (Wildman–Crippen MR) is 85.2 cm³/mol. The van der Waals surface area contributed by atoms with Gasteiger partial charge in [0.25, 0.3) is 0 Å². The van der Waals surface area contributed by atoms with Crippen molar-refractivity contribution in [2.24, 2.45) is 5.41 Å². The Morgan fingerprint density at radius 2 is 1.55 bits per heavy atom. The molecule has 0 radical (unpaired) electrons. The average Bonchev–Trinajstić information content (AvgIpc) is 2.41. The largest absolute Gasteiger partial charge is 0.494 e. The lowest BCUT2D eigenvalue weighted by atomic mass is 9.83. The van der Waals surface area contributed by atoms with E-state index >= 15 is 0 Å². The first-order chi connectivity index (χ1) is 9.55. The molecule has 1 heteroatoms. The molecule has 2 rings (SSSR count). The van der Waals surface area contributed by atoms with Gasteiger partial charge in [-0.3, -0.25) is 0 Å². The number of hydrogen-bond donors (Lipinski definition) is 0. The van der Waals surface area contributed by atoms with Crippen molar-refractivity contribution in [3.8, 4) is 5.75 Å². The van der Waals surface area contributed by atoms with E-state index in [4.69, 9.17) is 4.74 Å². The third kappa shape index (κ3) is 4.73. The fraction of sp³-hybridized carbons (Fsp3) is 0.368. The van der Waals surface area contributed by atoms with Gasteiger partial charge in [0.2, 0.25) is 0 Å². The molecule has 1 nitrogen and oxygen atoms in total. The number of rotatable bonds is 6. The van der Waals surface area contributed by atoms with Crippen LogP contribution < -0.4 is 4.74 Å². The zero-order chi connectivity index (χ0) is 14.4. The molecule has 0 spiro atoms. The van der Waals surface area contributed by atoms with Crippen LogP contribution in [0.2, 0.25) is 0 Å². The molecule has 106 valence electrons. The van der Waals surface area contributed by atoms with Crippen molar-refractivity contribution in [3.05, 3.63) is 65.7 Å². The molecule has 2 aromatic carbocycles. The van der Waals surface area contributed by atoms with E-state index in [9.17, 15) is 0 Å². The second-order valence-electron chi connectivity index (χ2n) is 6.24. The average molecular weight is 268 g/mol. The van der Waals surface area contributed by atoms with Crippen LogP contribution in [0.1, 0.15) is 31.4 Å². The highest BCUT2D eigenvalue weighted by Crippen LogP contribution is 2.26. The van der Waals surface area contributed by atoms with Gasteiger partial charge in [0.05, 0.1) is 6.61 Å². The van der Waals surface area contributed by atoms with Gasteiger partial charge in [-0.1, -0.05) is 61.9 Å². The van der Waals surface area contributed by atoms with E-state index < -0.39 is 0 Å². The minimum atomic E-state index is 0.256. The SMILES string of the molecule is Cc1ccc(OCCC(C)(C)Cc2ccccc2)cc1. The van der Waals surface area contributed by atoms with E-state index in [1.165, 1.54) is 11.1 Å². The fourth-order valence-electron chi connectivity index (χ4n) is 2.32. The Morgan fingerprint density at radius 3 is 2.20 bits per heavy atom. The molecule has 0 amide bonds. The first-order valence-electron chi connectivity index (χ1n) is 7.29. The highest BCUT2D eigenvalue weighted by Gasteiger charge is 2.18. The molecule has 0 aliphatic rings. The van der Waals surface area contributed by atoms with Crippen LogP contribution in [0.15, 0.2) is 54.6 Å². The minimum Gasteiger partial charge on any atom is -0.494 e. The molecule has 0 saturated heterocycles. The molecular formula is C19H24O. The standard InChI is InChI=1S/C19H24O/c1-16-9-11-18(12-10-16)20-14-13-19(2,3)15-17-7-5-4-6-8-17/h4-12H,13-15H2,1-3H3. The lowest BCUT2D eigenvalue weighted by Crippen LogP contribution is -2.18. The first kappa shape index (κ1) is 14.6. The van der Waals surface area contributed by atoms with Gasteiger partial charge in [-0.2, -0.15) is 0 Å². The molecule has 2 aromatic rings. The molecular weight excluding hydrogens is 244 g/mol. The van der Waals surface area contributed by atoms with Crippen molar-refractivity contribution in [2.75, 3.05) is 6.61 Å². The Labute approximate surface area is 122 Å². The second-order valence-corrected chi connectivity index (χ2v) is 6.24. The molecule has 0 bridgehead atoms. The number of aryl methyl sites for hydroxylation is 1. The normalized spacial score (nSPS) is 11.3. The minimum absolute atomic E-state index is 0.256. The van der Waals surface area contributed by atoms with E-state index in [1.807, 2.05) is 12.1 Å². The lowest BCUT2D eigenvalue weighted by Gasteiger charge is -2.24. The maximum absolute atomic E-state index is 5.83. The maximum Gasteiger partial charge on any atom is 0.119 e. The number of benzene rings is 2. The monoisotopic (exact) mass is 268 g/mol. The van der Waals surface area contributed by atoms with Crippen LogP contribution in [0.4, 0.5) is 0 Å². The van der Waals surface area contributed by atoms with Crippen LogP contribution in [0.25, 0.3) is 0 Å². The lowest BCUT2D eigenvalue weighted by molar-refractivity contribution is 0.227. The maximum atomic E-state index is 5.83. The molecule has 0 heterocycles. The van der Waals surface area contributed by atoms with Gasteiger partial charge < -0.3 is 4.74 Å². The van der Waals surface area contributed by atoms with Gasteiger partial charge in [-0.15, -0.1) is 0 Å². The Bertz CT molecular complexity index is 511. The van der Waals surface area contributed by atoms with E-state index in [0.717, 1.165) is 25.2 Å². The molecule has 0 saturated carbocycles. The molecule has 0 N–H and O–H groups in total. The molecule has 0 fully saturated rings. The van der Waals surface area contributed by atoms with Crippen molar-refractivity contribution in [1.29, 1.82) is 0 Å². The molecule has 0 atom stereocenters. The number of hydrogen-bond acceptors (Lipinski definition) is 1. The summed E-state index contributed by atoms with van der Waals surface area (Å²) in [6.45, 7) is 7.46. The van der Waals surface area contributed by atoms with Gasteiger partial charge >= 0.3 is 0 Å². The quantitative estimate of drug-likeness (QED) is 0.713. The summed E-state index contributed by atoms with van der Waals surface area (Å²) >= 11 is 0. The summed E-state index contributed by atoms with van der Waals surface area (Å²) < 4.78 is 5.83. The molecule has 0 aliphatic carbocycles. The van der Waals surface area contributed by atoms with Gasteiger partial charge in [-0.05, 0) is 42.9 Å². The molecule has 0 aromatic heterocycles. The fourth-order valence-corrected chi connectivity index (χ4v) is 2.32. The Kier molecular flexibility index (Phi) is 4.84. The summed E-state index contributed by atoms with van der Waals surface area (Å²) in [5, 5.41) is 0. The van der Waals surface area contributed by atoms with Crippen LogP contribution in [-0.2, 0) is 6.42 Å². The van der Waals surface area contributed by atoms with E-state index in [1.54, 1.807) is 0 Å². The molecule has 0 aliphatic heterocycles. The summed E-state index contributed by atoms with van der Waals surface area (Å²) in [6, 6.07) is 18.9. The van der Waals surface area contributed by atoms with E-state index in [-0.39, 0.29) is 5.41 Å². The highest BCUT2D eigenvalue weighted by atomic mass is 16.5. The third-order valence-electron chi connectivity index (χ3n) is 3.59. The van der Waals surface area contributed by atoms with Crippen LogP contribution in [0.5, 0.6) is 5.75 Å². The molecule has 20 heavy (non-hydrogen) atoms. The summed E-state index contributed by atoms with van der Waals surface area (Å²) in [5.74, 6) is 0.964. The summed E-state index contributed by atoms with van der Waals surface area (Å²) in [4.78, 5) is 0. The van der Waals surface area contributed by atoms with Crippen molar-refractivity contribution >= 4 is 0 Å². The zero-order valence-corrected chi connectivity index (χ0v) is 12.7. The smallest absolute Gasteiger partial charge is 0.119 e. The summed E-state index contributed by atoms with van der Waals surface area (Å²) in [6.07, 6.45) is 2.14. The van der Waals surface area contributed by atoms with Gasteiger partial charge in [0.15, 0.2) is 0 Å². The second kappa shape index (κ2) is 6.60. The van der Waals surface area contributed by atoms with Gasteiger partial charge in [0, 0.05) is 0 Å². The Hall–Kier alpha value is -1.76. The van der Waals surface area contributed by atoms with Gasteiger partial charge in [-0.25, -0.2) is 0 Å². The summed E-state index contributed by atoms with van der Waals surface area (Å²) in [5.41, 5.74) is 2.92. The van der Waals surface area contributed by atoms with Crippen molar-refractivity contribution in [3.63, 3.8) is 0 Å². The van der Waals surface area contributed by atoms with Crippen LogP contribution in [0, 0.1) is 12.3 Å². The summed E-state index contributed by atoms with van der Waals surface area (Å²) in [7, 11) is 0. The molecule has 0 unspecified atom stereocenters. The Morgan fingerprint density at radius 1 is 0.900 bits per heavy atom. The van der Waals surface area contributed by atoms with Crippen LogP contribution in [0.3, 0.4) is 0 Å². The zero-order valence-electron chi connectivity index (χ0n) is 12.7. The van der Waals surface area contributed by atoms with E-state index in [2.05, 4.69) is 63.2 Å². The van der Waals surface area contributed by atoms with Crippen molar-refractivity contribution in [1.82, 2.24) is 0 Å². The van der Waals surface area contributed by atoms with Gasteiger partial charge in [0.1, 0.15) is 5.75 Å². The van der Waals surface area contributed by atoms with E-state index in [0.29, 0.717) is 0 Å². The van der Waals surface area contributed by atoms with Crippen LogP contribution >= 0.6 is 0 Å². The third-order valence-corrected chi connectivity index (χ3v) is 3.59. The first-order valence-corrected chi connectivity index (χ1v) is 7.29. The van der Waals surface area contributed by atoms with Crippen molar-refractivity contribution < 1.29 is 4.74 Å². The Balaban J connectivity index is 1.81. The highest BCUT2D eigenvalue weighted by molar-refractivity contribution is 5.26. The topological polar surface area (TPSA) is 9.23 Å².